The van der Waals surface area contributed by atoms with Gasteiger partial charge in [-0.15, -0.1) is 11.3 Å². The second-order valence-corrected chi connectivity index (χ2v) is 8.13. The molecule has 1 aliphatic rings. The maximum atomic E-state index is 5.89. The highest BCUT2D eigenvalue weighted by molar-refractivity contribution is 7.09. The molecule has 0 aromatic carbocycles. The van der Waals surface area contributed by atoms with Crippen LogP contribution >= 0.6 is 11.3 Å². The van der Waals surface area contributed by atoms with Crippen LogP contribution in [0.5, 0.6) is 0 Å². The molecule has 4 heteroatoms. The molecular weight excluding hydrogens is 266 g/mol. The molecule has 1 saturated heterocycles. The van der Waals surface area contributed by atoms with Gasteiger partial charge < -0.3 is 5.73 Å². The van der Waals surface area contributed by atoms with Crippen molar-refractivity contribution in [1.82, 2.24) is 9.88 Å². The SMILES string of the molecule is CC(N)c1nc(CN2CCCC(C(C)(C)C)CC2)cs1. The Morgan fingerprint density at radius 3 is 2.75 bits per heavy atom. The first-order valence-electron chi connectivity index (χ1n) is 7.78. The summed E-state index contributed by atoms with van der Waals surface area (Å²) in [5.41, 5.74) is 7.52. The summed E-state index contributed by atoms with van der Waals surface area (Å²) in [6.07, 6.45) is 3.99. The summed E-state index contributed by atoms with van der Waals surface area (Å²) in [6, 6.07) is 0.0585. The Hall–Kier alpha value is -0.450. The minimum absolute atomic E-state index is 0.0585. The van der Waals surface area contributed by atoms with Crippen LogP contribution in [0.25, 0.3) is 0 Å². The molecule has 2 N–H and O–H groups in total. The largest absolute Gasteiger partial charge is 0.322 e. The van der Waals surface area contributed by atoms with E-state index in [0.717, 1.165) is 17.5 Å². The van der Waals surface area contributed by atoms with Crippen LogP contribution in [0.1, 0.15) is 63.7 Å². The smallest absolute Gasteiger partial charge is 0.109 e. The van der Waals surface area contributed by atoms with Crippen molar-refractivity contribution >= 4 is 11.3 Å². The van der Waals surface area contributed by atoms with E-state index in [0.29, 0.717) is 5.41 Å². The van der Waals surface area contributed by atoms with Crippen molar-refractivity contribution in [3.63, 3.8) is 0 Å². The molecule has 3 nitrogen and oxygen atoms in total. The predicted molar refractivity (Wildman–Crippen MR) is 86.8 cm³/mol. The molecule has 114 valence electrons. The van der Waals surface area contributed by atoms with Gasteiger partial charge in [0.2, 0.25) is 0 Å². The topological polar surface area (TPSA) is 42.1 Å². The van der Waals surface area contributed by atoms with Gasteiger partial charge in [-0.1, -0.05) is 20.8 Å². The van der Waals surface area contributed by atoms with Crippen molar-refractivity contribution in [3.05, 3.63) is 16.1 Å². The van der Waals surface area contributed by atoms with Crippen LogP contribution < -0.4 is 5.73 Å². The quantitative estimate of drug-likeness (QED) is 0.922. The average molecular weight is 295 g/mol. The first-order chi connectivity index (χ1) is 9.36. The van der Waals surface area contributed by atoms with Crippen molar-refractivity contribution < 1.29 is 0 Å². The van der Waals surface area contributed by atoms with Gasteiger partial charge in [0.05, 0.1) is 11.7 Å². The Morgan fingerprint density at radius 1 is 1.40 bits per heavy atom. The summed E-state index contributed by atoms with van der Waals surface area (Å²) in [6.45, 7) is 12.5. The summed E-state index contributed by atoms with van der Waals surface area (Å²) >= 11 is 1.69. The fourth-order valence-corrected chi connectivity index (χ4v) is 3.78. The fraction of sp³-hybridized carbons (Fsp3) is 0.812. The summed E-state index contributed by atoms with van der Waals surface area (Å²) in [5.74, 6) is 0.850. The summed E-state index contributed by atoms with van der Waals surface area (Å²) in [4.78, 5) is 7.22. The lowest BCUT2D eigenvalue weighted by Crippen LogP contribution is -2.26. The number of likely N-dealkylation sites (tertiary alicyclic amines) is 1. The van der Waals surface area contributed by atoms with E-state index in [4.69, 9.17) is 5.73 Å². The van der Waals surface area contributed by atoms with Crippen LogP contribution in [0.15, 0.2) is 5.38 Å². The molecule has 0 bridgehead atoms. The average Bonchev–Trinajstić information content (AvgIpc) is 2.66. The molecule has 2 unspecified atom stereocenters. The van der Waals surface area contributed by atoms with Crippen molar-refractivity contribution in [2.75, 3.05) is 13.1 Å². The van der Waals surface area contributed by atoms with Crippen LogP contribution in [-0.4, -0.2) is 23.0 Å². The van der Waals surface area contributed by atoms with Gasteiger partial charge in [-0.2, -0.15) is 0 Å². The van der Waals surface area contributed by atoms with Crippen LogP contribution in [0, 0.1) is 11.3 Å². The van der Waals surface area contributed by atoms with Crippen molar-refractivity contribution in [2.45, 2.75) is 59.5 Å². The zero-order valence-corrected chi connectivity index (χ0v) is 14.2. The number of aromatic nitrogens is 1. The van der Waals surface area contributed by atoms with Gasteiger partial charge in [-0.25, -0.2) is 4.98 Å². The third-order valence-electron chi connectivity index (χ3n) is 4.39. The molecule has 0 amide bonds. The van der Waals surface area contributed by atoms with E-state index < -0.39 is 0 Å². The highest BCUT2D eigenvalue weighted by Crippen LogP contribution is 2.34. The predicted octanol–water partition coefficient (Wildman–Crippen LogP) is 3.81. The standard InChI is InChI=1S/C16H29N3S/c1-12(17)15-18-14(11-20-15)10-19-8-5-6-13(7-9-19)16(2,3)4/h11-13H,5-10,17H2,1-4H3. The molecule has 1 aliphatic heterocycles. The molecular formula is C16H29N3S. The van der Waals surface area contributed by atoms with Crippen LogP contribution in [0.4, 0.5) is 0 Å². The minimum atomic E-state index is 0.0585. The van der Waals surface area contributed by atoms with Gasteiger partial charge in [0.25, 0.3) is 0 Å². The van der Waals surface area contributed by atoms with E-state index in [2.05, 4.69) is 36.0 Å². The molecule has 1 aromatic rings. The monoisotopic (exact) mass is 295 g/mol. The number of hydrogen-bond acceptors (Lipinski definition) is 4. The number of thiazole rings is 1. The Balaban J connectivity index is 1.90. The van der Waals surface area contributed by atoms with E-state index in [9.17, 15) is 0 Å². The van der Waals surface area contributed by atoms with Gasteiger partial charge in [0, 0.05) is 11.9 Å². The Morgan fingerprint density at radius 2 is 2.15 bits per heavy atom. The van der Waals surface area contributed by atoms with Gasteiger partial charge in [0.1, 0.15) is 5.01 Å². The van der Waals surface area contributed by atoms with Crippen molar-refractivity contribution in [1.29, 1.82) is 0 Å². The Labute approximate surface area is 127 Å². The van der Waals surface area contributed by atoms with Gasteiger partial charge in [0.15, 0.2) is 0 Å². The maximum absolute atomic E-state index is 5.89. The molecule has 0 radical (unpaired) electrons. The van der Waals surface area contributed by atoms with Crippen LogP contribution in [-0.2, 0) is 6.54 Å². The second kappa shape index (κ2) is 6.54. The highest BCUT2D eigenvalue weighted by Gasteiger charge is 2.27. The normalized spacial score (nSPS) is 23.6. The summed E-state index contributed by atoms with van der Waals surface area (Å²) in [5, 5.41) is 3.23. The zero-order valence-electron chi connectivity index (χ0n) is 13.4. The van der Waals surface area contributed by atoms with Gasteiger partial charge >= 0.3 is 0 Å². The molecule has 0 spiro atoms. The molecule has 0 saturated carbocycles. The maximum Gasteiger partial charge on any atom is 0.109 e. The van der Waals surface area contributed by atoms with E-state index in [1.54, 1.807) is 11.3 Å². The second-order valence-electron chi connectivity index (χ2n) is 7.24. The van der Waals surface area contributed by atoms with E-state index in [-0.39, 0.29) is 6.04 Å². The minimum Gasteiger partial charge on any atom is -0.322 e. The van der Waals surface area contributed by atoms with Gasteiger partial charge in [-0.05, 0) is 50.6 Å². The molecule has 20 heavy (non-hydrogen) atoms. The van der Waals surface area contributed by atoms with E-state index in [1.165, 1.54) is 38.0 Å². The van der Waals surface area contributed by atoms with Gasteiger partial charge in [-0.3, -0.25) is 4.90 Å². The Kier molecular flexibility index (Phi) is 5.21. The number of rotatable bonds is 3. The summed E-state index contributed by atoms with van der Waals surface area (Å²) < 4.78 is 0. The van der Waals surface area contributed by atoms with Crippen LogP contribution in [0.3, 0.4) is 0 Å². The number of nitrogens with zero attached hydrogens (tertiary/aromatic N) is 2. The highest BCUT2D eigenvalue weighted by atomic mass is 32.1. The molecule has 2 heterocycles. The first kappa shape index (κ1) is 15.9. The number of hydrogen-bond donors (Lipinski definition) is 1. The lowest BCUT2D eigenvalue weighted by molar-refractivity contribution is 0.206. The fourth-order valence-electron chi connectivity index (χ4n) is 3.01. The van der Waals surface area contributed by atoms with E-state index in [1.807, 2.05) is 6.92 Å². The van der Waals surface area contributed by atoms with Crippen molar-refractivity contribution in [3.8, 4) is 0 Å². The first-order valence-corrected chi connectivity index (χ1v) is 8.66. The molecule has 2 rings (SSSR count). The summed E-state index contributed by atoms with van der Waals surface area (Å²) in [7, 11) is 0. The van der Waals surface area contributed by atoms with E-state index >= 15 is 0 Å². The lowest BCUT2D eigenvalue weighted by atomic mass is 9.77. The third-order valence-corrected chi connectivity index (χ3v) is 5.48. The molecule has 1 aromatic heterocycles. The molecule has 1 fully saturated rings. The molecule has 0 aliphatic carbocycles. The lowest BCUT2D eigenvalue weighted by Gasteiger charge is -2.29. The zero-order chi connectivity index (χ0) is 14.8. The van der Waals surface area contributed by atoms with Crippen LogP contribution in [0.2, 0.25) is 0 Å². The van der Waals surface area contributed by atoms with Crippen molar-refractivity contribution in [2.24, 2.45) is 17.1 Å². The number of nitrogens with two attached hydrogens (primary N) is 1. The Bertz CT molecular complexity index is 420. The third kappa shape index (κ3) is 4.27. The molecule has 2 atom stereocenters.